The molecule has 4 unspecified atom stereocenters. The van der Waals surface area contributed by atoms with Crippen molar-refractivity contribution < 1.29 is 4.74 Å². The Labute approximate surface area is 104 Å². The van der Waals surface area contributed by atoms with E-state index < -0.39 is 0 Å². The first kappa shape index (κ1) is 10.8. The van der Waals surface area contributed by atoms with E-state index in [9.17, 15) is 0 Å². The summed E-state index contributed by atoms with van der Waals surface area (Å²) in [6.45, 7) is 0.734. The lowest BCUT2D eigenvalue weighted by Gasteiger charge is -2.27. The normalized spacial score (nSPS) is 36.9. The summed E-state index contributed by atoms with van der Waals surface area (Å²) < 4.78 is 7.13. The van der Waals surface area contributed by atoms with E-state index in [2.05, 4.69) is 40.2 Å². The van der Waals surface area contributed by atoms with Gasteiger partial charge < -0.3 is 10.5 Å². The van der Waals surface area contributed by atoms with E-state index in [4.69, 9.17) is 10.5 Å². The zero-order valence-corrected chi connectivity index (χ0v) is 10.7. The third kappa shape index (κ3) is 1.62. The molecule has 4 atom stereocenters. The summed E-state index contributed by atoms with van der Waals surface area (Å²) >= 11 is 3.53. The van der Waals surface area contributed by atoms with E-state index in [-0.39, 0.29) is 0 Å². The molecule has 3 rings (SSSR count). The fourth-order valence-corrected chi connectivity index (χ4v) is 3.67. The number of rotatable bonds is 2. The Balaban J connectivity index is 1.94. The molecule has 1 aromatic rings. The van der Waals surface area contributed by atoms with Gasteiger partial charge in [-0.05, 0) is 37.1 Å². The Hall–Kier alpha value is -0.380. The molecule has 0 spiro atoms. The van der Waals surface area contributed by atoms with Crippen molar-refractivity contribution >= 4 is 15.9 Å². The minimum Gasteiger partial charge on any atom is -0.374 e. The lowest BCUT2D eigenvalue weighted by molar-refractivity contribution is 0.0918. The van der Waals surface area contributed by atoms with Gasteiger partial charge in [0.2, 0.25) is 0 Å². The molecule has 2 N–H and O–H groups in total. The number of ether oxygens (including phenoxy) is 1. The van der Waals surface area contributed by atoms with Crippen LogP contribution in [0.5, 0.6) is 0 Å². The molecule has 2 aliphatic heterocycles. The highest BCUT2D eigenvalue weighted by atomic mass is 79.9. The molecule has 86 valence electrons. The molecule has 2 fully saturated rings. The van der Waals surface area contributed by atoms with E-state index in [1.54, 1.807) is 0 Å². The van der Waals surface area contributed by atoms with Crippen LogP contribution in [0.2, 0.25) is 0 Å². The highest BCUT2D eigenvalue weighted by Crippen LogP contribution is 2.48. The van der Waals surface area contributed by atoms with Crippen molar-refractivity contribution in [1.82, 2.24) is 0 Å². The SMILES string of the molecule is NCC1C2CCC(O2)C1c1cccc(Br)c1. The summed E-state index contributed by atoms with van der Waals surface area (Å²) in [5, 5.41) is 0. The summed E-state index contributed by atoms with van der Waals surface area (Å²) in [5.41, 5.74) is 7.27. The van der Waals surface area contributed by atoms with Gasteiger partial charge in [-0.1, -0.05) is 28.1 Å². The standard InChI is InChI=1S/C13H16BrNO/c14-9-3-1-2-8(6-9)13-10(7-15)11-4-5-12(13)16-11/h1-3,6,10-13H,4-5,7,15H2. The molecule has 2 aliphatic rings. The first-order chi connectivity index (χ1) is 7.79. The van der Waals surface area contributed by atoms with Crippen molar-refractivity contribution in [2.75, 3.05) is 6.54 Å². The molecule has 2 saturated heterocycles. The minimum atomic E-state index is 0.396. The first-order valence-electron chi connectivity index (χ1n) is 5.90. The molecule has 0 radical (unpaired) electrons. The molecule has 0 saturated carbocycles. The number of hydrogen-bond acceptors (Lipinski definition) is 2. The van der Waals surface area contributed by atoms with Gasteiger partial charge in [0.15, 0.2) is 0 Å². The van der Waals surface area contributed by atoms with Crippen molar-refractivity contribution in [3.05, 3.63) is 34.3 Å². The van der Waals surface area contributed by atoms with Crippen LogP contribution < -0.4 is 5.73 Å². The van der Waals surface area contributed by atoms with Gasteiger partial charge in [0.05, 0.1) is 12.2 Å². The predicted octanol–water partition coefficient (Wildman–Crippen LogP) is 2.67. The van der Waals surface area contributed by atoms with Crippen molar-refractivity contribution in [3.63, 3.8) is 0 Å². The van der Waals surface area contributed by atoms with Gasteiger partial charge in [-0.3, -0.25) is 0 Å². The van der Waals surface area contributed by atoms with Crippen LogP contribution in [0.3, 0.4) is 0 Å². The van der Waals surface area contributed by atoms with Gasteiger partial charge in [-0.25, -0.2) is 0 Å². The second-order valence-electron chi connectivity index (χ2n) is 4.77. The zero-order valence-electron chi connectivity index (χ0n) is 9.10. The molecule has 0 aromatic heterocycles. The molecular weight excluding hydrogens is 266 g/mol. The molecule has 3 heteroatoms. The second-order valence-corrected chi connectivity index (χ2v) is 5.69. The van der Waals surface area contributed by atoms with Crippen molar-refractivity contribution in [2.45, 2.75) is 31.0 Å². The van der Waals surface area contributed by atoms with Crippen molar-refractivity contribution in [1.29, 1.82) is 0 Å². The van der Waals surface area contributed by atoms with Crippen LogP contribution in [0.15, 0.2) is 28.7 Å². The minimum absolute atomic E-state index is 0.396. The van der Waals surface area contributed by atoms with Crippen LogP contribution in [0.1, 0.15) is 24.3 Å². The third-order valence-corrected chi connectivity index (χ3v) is 4.42. The Morgan fingerprint density at radius 2 is 2.12 bits per heavy atom. The molecule has 1 aromatic carbocycles. The monoisotopic (exact) mass is 281 g/mol. The van der Waals surface area contributed by atoms with Crippen LogP contribution in [0.25, 0.3) is 0 Å². The molecular formula is C13H16BrNO. The van der Waals surface area contributed by atoms with Crippen LogP contribution in [-0.4, -0.2) is 18.8 Å². The third-order valence-electron chi connectivity index (χ3n) is 3.93. The lowest BCUT2D eigenvalue weighted by Crippen LogP contribution is -2.31. The summed E-state index contributed by atoms with van der Waals surface area (Å²) in [6.07, 6.45) is 3.18. The van der Waals surface area contributed by atoms with E-state index in [1.807, 2.05) is 0 Å². The summed E-state index contributed by atoms with van der Waals surface area (Å²) in [5.74, 6) is 1.01. The molecule has 2 bridgehead atoms. The fourth-order valence-electron chi connectivity index (χ4n) is 3.25. The number of fused-ring (bicyclic) bond motifs is 2. The van der Waals surface area contributed by atoms with E-state index in [0.717, 1.165) is 11.0 Å². The first-order valence-corrected chi connectivity index (χ1v) is 6.70. The Bertz CT molecular complexity index is 395. The van der Waals surface area contributed by atoms with Crippen molar-refractivity contribution in [3.8, 4) is 0 Å². The molecule has 0 aliphatic carbocycles. The smallest absolute Gasteiger partial charge is 0.0652 e. The summed E-state index contributed by atoms with van der Waals surface area (Å²) in [6, 6.07) is 8.56. The second kappa shape index (κ2) is 4.13. The number of halogens is 1. The van der Waals surface area contributed by atoms with Gasteiger partial charge in [-0.15, -0.1) is 0 Å². The molecule has 2 heterocycles. The average Bonchev–Trinajstić information content (AvgIpc) is 2.88. The van der Waals surface area contributed by atoms with Crippen LogP contribution >= 0.6 is 15.9 Å². The van der Waals surface area contributed by atoms with Crippen molar-refractivity contribution in [2.24, 2.45) is 11.7 Å². The van der Waals surface area contributed by atoms with E-state index >= 15 is 0 Å². The highest BCUT2D eigenvalue weighted by Gasteiger charge is 2.48. The summed E-state index contributed by atoms with van der Waals surface area (Å²) in [7, 11) is 0. The van der Waals surface area contributed by atoms with Gasteiger partial charge in [0.1, 0.15) is 0 Å². The maximum absolute atomic E-state index is 5.99. The van der Waals surface area contributed by atoms with Gasteiger partial charge in [-0.2, -0.15) is 0 Å². The van der Waals surface area contributed by atoms with Crippen LogP contribution in [0.4, 0.5) is 0 Å². The summed E-state index contributed by atoms with van der Waals surface area (Å²) in [4.78, 5) is 0. The van der Waals surface area contributed by atoms with E-state index in [1.165, 1.54) is 18.4 Å². The molecule has 2 nitrogen and oxygen atoms in total. The fraction of sp³-hybridized carbons (Fsp3) is 0.538. The van der Waals surface area contributed by atoms with Crippen LogP contribution in [-0.2, 0) is 4.74 Å². The zero-order chi connectivity index (χ0) is 11.1. The maximum Gasteiger partial charge on any atom is 0.0652 e. The number of nitrogens with two attached hydrogens (primary N) is 1. The Morgan fingerprint density at radius 3 is 2.88 bits per heavy atom. The lowest BCUT2D eigenvalue weighted by atomic mass is 9.75. The highest BCUT2D eigenvalue weighted by molar-refractivity contribution is 9.10. The van der Waals surface area contributed by atoms with Gasteiger partial charge in [0.25, 0.3) is 0 Å². The van der Waals surface area contributed by atoms with Gasteiger partial charge in [0, 0.05) is 16.3 Å². The topological polar surface area (TPSA) is 35.2 Å². The van der Waals surface area contributed by atoms with Crippen LogP contribution in [0, 0.1) is 5.92 Å². The number of benzene rings is 1. The Kier molecular flexibility index (Phi) is 2.78. The maximum atomic E-state index is 5.99. The number of hydrogen-bond donors (Lipinski definition) is 1. The molecule has 16 heavy (non-hydrogen) atoms. The van der Waals surface area contributed by atoms with E-state index in [0.29, 0.717) is 24.0 Å². The Morgan fingerprint density at radius 1 is 1.31 bits per heavy atom. The largest absolute Gasteiger partial charge is 0.374 e. The van der Waals surface area contributed by atoms with Gasteiger partial charge >= 0.3 is 0 Å². The average molecular weight is 282 g/mol. The predicted molar refractivity (Wildman–Crippen MR) is 67.3 cm³/mol. The molecule has 0 amide bonds. The quantitative estimate of drug-likeness (QED) is 0.905.